The zero-order valence-electron chi connectivity index (χ0n) is 10.9. The third-order valence-corrected chi connectivity index (χ3v) is 4.68. The van der Waals surface area contributed by atoms with Gasteiger partial charge in [-0.1, -0.05) is 13.8 Å². The van der Waals surface area contributed by atoms with Crippen LogP contribution >= 0.6 is 0 Å². The van der Waals surface area contributed by atoms with Gasteiger partial charge in [0.25, 0.3) is 0 Å². The number of hydrogen-bond donors (Lipinski definition) is 1. The van der Waals surface area contributed by atoms with Crippen LogP contribution in [-0.2, 0) is 4.74 Å². The summed E-state index contributed by atoms with van der Waals surface area (Å²) in [5, 5.41) is 0. The van der Waals surface area contributed by atoms with Gasteiger partial charge in [0.15, 0.2) is 0 Å². The highest BCUT2D eigenvalue weighted by Crippen LogP contribution is 2.36. The molecule has 2 fully saturated rings. The molecule has 2 aliphatic rings. The van der Waals surface area contributed by atoms with Gasteiger partial charge in [-0.3, -0.25) is 4.90 Å². The second-order valence-corrected chi connectivity index (χ2v) is 5.92. The van der Waals surface area contributed by atoms with Gasteiger partial charge in [-0.2, -0.15) is 0 Å². The van der Waals surface area contributed by atoms with Crippen molar-refractivity contribution in [3.63, 3.8) is 0 Å². The van der Waals surface area contributed by atoms with Gasteiger partial charge in [0.2, 0.25) is 0 Å². The maximum atomic E-state index is 6.07. The quantitative estimate of drug-likeness (QED) is 0.775. The molecule has 0 spiro atoms. The maximum absolute atomic E-state index is 6.07. The highest BCUT2D eigenvalue weighted by molar-refractivity contribution is 4.99. The molecule has 0 aromatic rings. The topological polar surface area (TPSA) is 38.5 Å². The Morgan fingerprint density at radius 2 is 1.88 bits per heavy atom. The van der Waals surface area contributed by atoms with Gasteiger partial charge in [0.1, 0.15) is 0 Å². The molecule has 2 rings (SSSR count). The fourth-order valence-electron chi connectivity index (χ4n) is 3.26. The van der Waals surface area contributed by atoms with E-state index in [0.717, 1.165) is 37.8 Å². The summed E-state index contributed by atoms with van der Waals surface area (Å²) < 4.78 is 5.67. The molecule has 4 unspecified atom stereocenters. The molecule has 94 valence electrons. The van der Waals surface area contributed by atoms with Crippen molar-refractivity contribution < 1.29 is 4.74 Å². The monoisotopic (exact) mass is 226 g/mol. The molecule has 2 N–H and O–H groups in total. The highest BCUT2D eigenvalue weighted by atomic mass is 16.5. The second kappa shape index (κ2) is 4.63. The summed E-state index contributed by atoms with van der Waals surface area (Å²) >= 11 is 0. The normalized spacial score (nSPS) is 46.1. The Morgan fingerprint density at radius 3 is 2.38 bits per heavy atom. The maximum Gasteiger partial charge on any atom is 0.0565 e. The Hall–Kier alpha value is -0.120. The first-order valence-electron chi connectivity index (χ1n) is 6.64. The second-order valence-electron chi connectivity index (χ2n) is 5.92. The van der Waals surface area contributed by atoms with Crippen molar-refractivity contribution in [3.05, 3.63) is 0 Å². The largest absolute Gasteiger partial charge is 0.378 e. The lowest BCUT2D eigenvalue weighted by Crippen LogP contribution is -2.57. The summed E-state index contributed by atoms with van der Waals surface area (Å²) in [5.74, 6) is 1.61. The van der Waals surface area contributed by atoms with Crippen LogP contribution < -0.4 is 5.73 Å². The van der Waals surface area contributed by atoms with Gasteiger partial charge in [-0.05, 0) is 31.6 Å². The van der Waals surface area contributed by atoms with Gasteiger partial charge in [0, 0.05) is 31.8 Å². The van der Waals surface area contributed by atoms with Gasteiger partial charge >= 0.3 is 0 Å². The molecule has 4 atom stereocenters. The van der Waals surface area contributed by atoms with E-state index in [0.29, 0.717) is 6.10 Å². The van der Waals surface area contributed by atoms with Gasteiger partial charge in [-0.25, -0.2) is 0 Å². The van der Waals surface area contributed by atoms with Gasteiger partial charge in [-0.15, -0.1) is 0 Å². The fraction of sp³-hybridized carbons (Fsp3) is 1.00. The van der Waals surface area contributed by atoms with E-state index in [1.165, 1.54) is 13.1 Å². The van der Waals surface area contributed by atoms with E-state index in [9.17, 15) is 0 Å². The van der Waals surface area contributed by atoms with Crippen molar-refractivity contribution in [2.75, 3.05) is 26.2 Å². The number of nitrogens with zero attached hydrogens (tertiary/aromatic N) is 1. The van der Waals surface area contributed by atoms with E-state index < -0.39 is 0 Å². The molecule has 3 nitrogen and oxygen atoms in total. The van der Waals surface area contributed by atoms with E-state index in [-0.39, 0.29) is 5.54 Å². The number of rotatable bonds is 2. The SMILES string of the molecule is CC1CC(CN)(N2CC(C)C(C)C2)CCO1. The minimum Gasteiger partial charge on any atom is -0.378 e. The first kappa shape index (κ1) is 12.3. The van der Waals surface area contributed by atoms with E-state index in [1.807, 2.05) is 0 Å². The van der Waals surface area contributed by atoms with Gasteiger partial charge in [0.05, 0.1) is 6.10 Å². The Morgan fingerprint density at radius 1 is 1.25 bits per heavy atom. The Balaban J connectivity index is 2.09. The van der Waals surface area contributed by atoms with Crippen molar-refractivity contribution in [1.82, 2.24) is 4.90 Å². The average molecular weight is 226 g/mol. The van der Waals surface area contributed by atoms with Crippen LogP contribution in [0, 0.1) is 11.8 Å². The van der Waals surface area contributed by atoms with Crippen LogP contribution in [0.25, 0.3) is 0 Å². The van der Waals surface area contributed by atoms with E-state index in [1.54, 1.807) is 0 Å². The molecule has 2 saturated heterocycles. The predicted molar refractivity (Wildman–Crippen MR) is 66.3 cm³/mol. The van der Waals surface area contributed by atoms with Crippen LogP contribution in [0.3, 0.4) is 0 Å². The Kier molecular flexibility index (Phi) is 3.57. The van der Waals surface area contributed by atoms with Crippen molar-refractivity contribution in [1.29, 1.82) is 0 Å². The molecule has 0 radical (unpaired) electrons. The molecule has 0 aromatic heterocycles. The molecule has 0 bridgehead atoms. The molecule has 0 saturated carbocycles. The molecular formula is C13H26N2O. The number of likely N-dealkylation sites (tertiary alicyclic amines) is 1. The van der Waals surface area contributed by atoms with Crippen molar-refractivity contribution in [3.8, 4) is 0 Å². The molecule has 2 heterocycles. The lowest BCUT2D eigenvalue weighted by Gasteiger charge is -2.46. The van der Waals surface area contributed by atoms with Crippen LogP contribution in [0.5, 0.6) is 0 Å². The van der Waals surface area contributed by atoms with Crippen molar-refractivity contribution >= 4 is 0 Å². The van der Waals surface area contributed by atoms with E-state index >= 15 is 0 Å². The van der Waals surface area contributed by atoms with Gasteiger partial charge < -0.3 is 10.5 Å². The van der Waals surface area contributed by atoms with Crippen molar-refractivity contribution in [2.45, 2.75) is 45.3 Å². The summed E-state index contributed by atoms with van der Waals surface area (Å²) in [5.41, 5.74) is 6.29. The Bertz CT molecular complexity index is 236. The first-order chi connectivity index (χ1) is 7.57. The molecular weight excluding hydrogens is 200 g/mol. The minimum atomic E-state index is 0.219. The highest BCUT2D eigenvalue weighted by Gasteiger charge is 2.43. The zero-order valence-corrected chi connectivity index (χ0v) is 10.9. The first-order valence-corrected chi connectivity index (χ1v) is 6.64. The molecule has 3 heteroatoms. The summed E-state index contributed by atoms with van der Waals surface area (Å²) in [7, 11) is 0. The number of hydrogen-bond acceptors (Lipinski definition) is 3. The number of nitrogens with two attached hydrogens (primary N) is 1. The zero-order chi connectivity index (χ0) is 11.8. The Labute approximate surface area is 99.3 Å². The summed E-state index contributed by atoms with van der Waals surface area (Å²) in [6.45, 7) is 11.0. The lowest BCUT2D eigenvalue weighted by atomic mass is 9.85. The van der Waals surface area contributed by atoms with Crippen molar-refractivity contribution in [2.24, 2.45) is 17.6 Å². The van der Waals surface area contributed by atoms with Crippen LogP contribution in [0.2, 0.25) is 0 Å². The lowest BCUT2D eigenvalue weighted by molar-refractivity contribution is -0.0582. The average Bonchev–Trinajstić information content (AvgIpc) is 2.59. The van der Waals surface area contributed by atoms with Crippen LogP contribution in [0.15, 0.2) is 0 Å². The summed E-state index contributed by atoms with van der Waals surface area (Å²) in [6.07, 6.45) is 2.57. The molecule has 0 aromatic carbocycles. The van der Waals surface area contributed by atoms with Crippen LogP contribution in [-0.4, -0.2) is 42.8 Å². The smallest absolute Gasteiger partial charge is 0.0565 e. The third kappa shape index (κ3) is 2.13. The van der Waals surface area contributed by atoms with E-state index in [2.05, 4.69) is 25.7 Å². The van der Waals surface area contributed by atoms with Crippen LogP contribution in [0.1, 0.15) is 33.6 Å². The van der Waals surface area contributed by atoms with E-state index in [4.69, 9.17) is 10.5 Å². The standard InChI is InChI=1S/C13H26N2O/c1-10-7-15(8-11(10)2)13(9-14)4-5-16-12(3)6-13/h10-12H,4-9,14H2,1-3H3. The molecule has 0 aliphatic carbocycles. The molecule has 16 heavy (non-hydrogen) atoms. The fourth-order valence-corrected chi connectivity index (χ4v) is 3.26. The minimum absolute atomic E-state index is 0.219. The molecule has 2 aliphatic heterocycles. The predicted octanol–water partition coefficient (Wildman–Crippen LogP) is 1.47. The number of ether oxygens (including phenoxy) is 1. The third-order valence-electron chi connectivity index (χ3n) is 4.68. The molecule has 0 amide bonds. The summed E-state index contributed by atoms with van der Waals surface area (Å²) in [6, 6.07) is 0. The summed E-state index contributed by atoms with van der Waals surface area (Å²) in [4.78, 5) is 2.64. The van der Waals surface area contributed by atoms with Crippen LogP contribution in [0.4, 0.5) is 0 Å².